The lowest BCUT2D eigenvalue weighted by atomic mass is 9.82. The van der Waals surface area contributed by atoms with E-state index in [9.17, 15) is 5.11 Å². The predicted molar refractivity (Wildman–Crippen MR) is 88.1 cm³/mol. The third-order valence-electron chi connectivity index (χ3n) is 3.92. The van der Waals surface area contributed by atoms with Crippen molar-refractivity contribution in [2.75, 3.05) is 18.5 Å². The van der Waals surface area contributed by atoms with Gasteiger partial charge in [-0.15, -0.1) is 0 Å². The van der Waals surface area contributed by atoms with E-state index in [1.165, 1.54) is 11.3 Å². The lowest BCUT2D eigenvalue weighted by Gasteiger charge is -2.35. The molecular weight excluding hydrogens is 316 g/mol. The Labute approximate surface area is 130 Å². The molecule has 2 rings (SSSR count). The molecule has 1 aliphatic rings. The van der Waals surface area contributed by atoms with Crippen molar-refractivity contribution in [2.45, 2.75) is 45.4 Å². The van der Waals surface area contributed by atoms with Gasteiger partial charge in [0.15, 0.2) is 0 Å². The number of nitrogens with zero attached hydrogens (tertiary/aromatic N) is 1. The van der Waals surface area contributed by atoms with Crippen LogP contribution in [0.3, 0.4) is 0 Å². The number of aliphatic hydroxyl groups is 1. The Morgan fingerprint density at radius 2 is 2.10 bits per heavy atom. The maximum Gasteiger partial charge on any atom is 0.0546 e. The van der Waals surface area contributed by atoms with E-state index in [0.717, 1.165) is 30.4 Å². The zero-order valence-electron chi connectivity index (χ0n) is 12.6. The number of hydrogen-bond acceptors (Lipinski definition) is 3. The number of hydrogen-bond donors (Lipinski definition) is 2. The third kappa shape index (κ3) is 4.21. The number of benzene rings is 1. The second kappa shape index (κ2) is 6.92. The molecule has 112 valence electrons. The van der Waals surface area contributed by atoms with Crippen molar-refractivity contribution in [2.24, 2.45) is 5.92 Å². The highest BCUT2D eigenvalue weighted by atomic mass is 79.9. The molecule has 0 aromatic heterocycles. The topological polar surface area (TPSA) is 35.5 Å². The Morgan fingerprint density at radius 1 is 1.40 bits per heavy atom. The molecule has 0 heterocycles. The van der Waals surface area contributed by atoms with Gasteiger partial charge < -0.3 is 15.3 Å². The van der Waals surface area contributed by atoms with Gasteiger partial charge in [0.05, 0.1) is 6.10 Å². The Morgan fingerprint density at radius 3 is 2.65 bits per heavy atom. The lowest BCUT2D eigenvalue weighted by molar-refractivity contribution is 0.0465. The molecule has 1 saturated carbocycles. The van der Waals surface area contributed by atoms with Crippen molar-refractivity contribution in [1.82, 2.24) is 5.32 Å². The number of rotatable bonds is 6. The SMILES string of the molecule is CC(C)NCc1ccc(N(C)CC2CC(O)C2)cc1Br. The van der Waals surface area contributed by atoms with Gasteiger partial charge in [-0.05, 0) is 36.5 Å². The first-order chi connectivity index (χ1) is 9.45. The summed E-state index contributed by atoms with van der Waals surface area (Å²) in [4.78, 5) is 2.28. The maximum absolute atomic E-state index is 9.35. The Balaban J connectivity index is 1.93. The van der Waals surface area contributed by atoms with Crippen LogP contribution >= 0.6 is 15.9 Å². The van der Waals surface area contributed by atoms with Crippen LogP contribution in [-0.2, 0) is 6.54 Å². The van der Waals surface area contributed by atoms with E-state index in [4.69, 9.17) is 0 Å². The van der Waals surface area contributed by atoms with Gasteiger partial charge >= 0.3 is 0 Å². The summed E-state index contributed by atoms with van der Waals surface area (Å²) in [5.74, 6) is 0.635. The van der Waals surface area contributed by atoms with Gasteiger partial charge in [-0.25, -0.2) is 0 Å². The number of halogens is 1. The maximum atomic E-state index is 9.35. The van der Waals surface area contributed by atoms with Crippen LogP contribution in [0.25, 0.3) is 0 Å². The van der Waals surface area contributed by atoms with Crippen LogP contribution in [-0.4, -0.2) is 30.8 Å². The fraction of sp³-hybridized carbons (Fsp3) is 0.625. The van der Waals surface area contributed by atoms with E-state index < -0.39 is 0 Å². The van der Waals surface area contributed by atoms with Crippen LogP contribution in [0.4, 0.5) is 5.69 Å². The van der Waals surface area contributed by atoms with Crippen molar-refractivity contribution in [3.8, 4) is 0 Å². The molecule has 2 N–H and O–H groups in total. The third-order valence-corrected chi connectivity index (χ3v) is 4.66. The van der Waals surface area contributed by atoms with Crippen LogP contribution in [0.2, 0.25) is 0 Å². The Bertz CT molecular complexity index is 444. The molecule has 0 atom stereocenters. The summed E-state index contributed by atoms with van der Waals surface area (Å²) in [5.41, 5.74) is 2.52. The second-order valence-electron chi connectivity index (χ2n) is 6.18. The smallest absolute Gasteiger partial charge is 0.0546 e. The molecule has 1 aromatic carbocycles. The fourth-order valence-corrected chi connectivity index (χ4v) is 3.08. The van der Waals surface area contributed by atoms with Crippen LogP contribution in [0.1, 0.15) is 32.3 Å². The van der Waals surface area contributed by atoms with Gasteiger partial charge in [0, 0.05) is 36.3 Å². The quantitative estimate of drug-likeness (QED) is 0.834. The molecule has 0 amide bonds. The molecule has 0 spiro atoms. The van der Waals surface area contributed by atoms with E-state index in [1.54, 1.807) is 0 Å². The minimum Gasteiger partial charge on any atom is -0.393 e. The van der Waals surface area contributed by atoms with E-state index in [2.05, 4.69) is 65.2 Å². The van der Waals surface area contributed by atoms with Gasteiger partial charge in [0.2, 0.25) is 0 Å². The highest BCUT2D eigenvalue weighted by Crippen LogP contribution is 2.30. The molecule has 0 unspecified atom stereocenters. The zero-order chi connectivity index (χ0) is 14.7. The predicted octanol–water partition coefficient (Wildman–Crippen LogP) is 3.15. The number of nitrogens with one attached hydrogen (secondary N) is 1. The molecule has 20 heavy (non-hydrogen) atoms. The van der Waals surface area contributed by atoms with Gasteiger partial charge in [-0.2, -0.15) is 0 Å². The molecule has 0 aliphatic heterocycles. The van der Waals surface area contributed by atoms with Gasteiger partial charge in [0.1, 0.15) is 0 Å². The minimum absolute atomic E-state index is 0.0652. The molecule has 3 nitrogen and oxygen atoms in total. The monoisotopic (exact) mass is 340 g/mol. The first kappa shape index (κ1) is 15.8. The van der Waals surface area contributed by atoms with Crippen LogP contribution in [0.5, 0.6) is 0 Å². The van der Waals surface area contributed by atoms with E-state index in [1.807, 2.05) is 0 Å². The molecule has 0 saturated heterocycles. The number of aliphatic hydroxyl groups excluding tert-OH is 1. The first-order valence-electron chi connectivity index (χ1n) is 7.36. The molecule has 1 aliphatic carbocycles. The van der Waals surface area contributed by atoms with Crippen LogP contribution in [0.15, 0.2) is 22.7 Å². The van der Waals surface area contributed by atoms with Crippen LogP contribution in [0, 0.1) is 5.92 Å². The van der Waals surface area contributed by atoms with E-state index in [0.29, 0.717) is 12.0 Å². The Hall–Kier alpha value is -0.580. The summed E-state index contributed by atoms with van der Waals surface area (Å²) in [6.07, 6.45) is 1.83. The summed E-state index contributed by atoms with van der Waals surface area (Å²) in [7, 11) is 2.12. The fourth-order valence-electron chi connectivity index (χ4n) is 2.57. The second-order valence-corrected chi connectivity index (χ2v) is 7.04. The molecule has 0 bridgehead atoms. The van der Waals surface area contributed by atoms with Crippen molar-refractivity contribution < 1.29 is 5.11 Å². The van der Waals surface area contributed by atoms with Gasteiger partial charge in [0.25, 0.3) is 0 Å². The number of anilines is 1. The van der Waals surface area contributed by atoms with Gasteiger partial charge in [-0.3, -0.25) is 0 Å². The van der Waals surface area contributed by atoms with E-state index in [-0.39, 0.29) is 6.10 Å². The lowest BCUT2D eigenvalue weighted by Crippen LogP contribution is -2.37. The molecule has 4 heteroatoms. The zero-order valence-corrected chi connectivity index (χ0v) is 14.2. The summed E-state index contributed by atoms with van der Waals surface area (Å²) in [6, 6.07) is 7.04. The van der Waals surface area contributed by atoms with Gasteiger partial charge in [-0.1, -0.05) is 35.8 Å². The highest BCUT2D eigenvalue weighted by Gasteiger charge is 2.28. The van der Waals surface area contributed by atoms with Crippen molar-refractivity contribution in [1.29, 1.82) is 0 Å². The van der Waals surface area contributed by atoms with Crippen molar-refractivity contribution in [3.63, 3.8) is 0 Å². The standard InChI is InChI=1S/C16H25BrN2O/c1-11(2)18-9-13-4-5-14(8-16(13)17)19(3)10-12-6-15(20)7-12/h4-5,8,11-12,15,18,20H,6-7,9-10H2,1-3H3. The minimum atomic E-state index is -0.0652. The molecule has 0 radical (unpaired) electrons. The Kier molecular flexibility index (Phi) is 5.47. The highest BCUT2D eigenvalue weighted by molar-refractivity contribution is 9.10. The average molecular weight is 341 g/mol. The molecule has 1 aromatic rings. The molecule has 1 fully saturated rings. The molecular formula is C16H25BrN2O. The first-order valence-corrected chi connectivity index (χ1v) is 8.16. The summed E-state index contributed by atoms with van der Waals surface area (Å²) < 4.78 is 1.16. The van der Waals surface area contributed by atoms with Crippen molar-refractivity contribution in [3.05, 3.63) is 28.2 Å². The summed E-state index contributed by atoms with van der Waals surface area (Å²) in [6.45, 7) is 6.22. The summed E-state index contributed by atoms with van der Waals surface area (Å²) >= 11 is 3.67. The van der Waals surface area contributed by atoms with E-state index >= 15 is 0 Å². The summed E-state index contributed by atoms with van der Waals surface area (Å²) in [5, 5.41) is 12.8. The largest absolute Gasteiger partial charge is 0.393 e. The van der Waals surface area contributed by atoms with Crippen LogP contribution < -0.4 is 10.2 Å². The normalized spacial score (nSPS) is 21.9. The van der Waals surface area contributed by atoms with Crippen molar-refractivity contribution >= 4 is 21.6 Å². The average Bonchev–Trinajstić information content (AvgIpc) is 2.35.